The minimum Gasteiger partial charge on any atom is -0.356 e. The maximum absolute atomic E-state index is 13.4. The lowest BCUT2D eigenvalue weighted by Gasteiger charge is -2.16. The van der Waals surface area contributed by atoms with Crippen LogP contribution in [0, 0.1) is 5.82 Å². The van der Waals surface area contributed by atoms with E-state index in [2.05, 4.69) is 31.6 Å². The highest BCUT2D eigenvalue weighted by Gasteiger charge is 2.39. The molecule has 0 unspecified atom stereocenters. The van der Waals surface area contributed by atoms with Gasteiger partial charge in [0.2, 0.25) is 0 Å². The molecule has 2 aliphatic rings. The number of nitrogens with one attached hydrogen (secondary N) is 2. The summed E-state index contributed by atoms with van der Waals surface area (Å²) in [5, 5.41) is 6.62. The van der Waals surface area contributed by atoms with E-state index in [1.807, 2.05) is 6.07 Å². The molecule has 0 saturated heterocycles. The molecular weight excluding hydrogens is 424 g/mol. The Kier molecular flexibility index (Phi) is 5.05. The number of nitrogens with zero attached hydrogens (tertiary/aromatic N) is 1. The number of hydrogen-bond donors (Lipinski definition) is 2. The van der Waals surface area contributed by atoms with E-state index in [0.717, 1.165) is 37.5 Å². The predicted octanol–water partition coefficient (Wildman–Crippen LogP) is 3.00. The lowest BCUT2D eigenvalue weighted by molar-refractivity contribution is 0.618. The summed E-state index contributed by atoms with van der Waals surface area (Å²) in [6, 6.07) is 5.76. The lowest BCUT2D eigenvalue weighted by atomic mass is 10.1. The minimum atomic E-state index is -0.189. The fourth-order valence-corrected chi connectivity index (χ4v) is 2.52. The van der Waals surface area contributed by atoms with Crippen LogP contribution in [0.3, 0.4) is 0 Å². The summed E-state index contributed by atoms with van der Waals surface area (Å²) in [6.45, 7) is 1.87. The number of hydrogen-bond acceptors (Lipinski definition) is 3. The van der Waals surface area contributed by atoms with E-state index < -0.39 is 0 Å². The maximum atomic E-state index is 13.4. The van der Waals surface area contributed by atoms with E-state index in [1.54, 1.807) is 12.1 Å². The van der Waals surface area contributed by atoms with Crippen molar-refractivity contribution in [3.05, 3.63) is 34.1 Å². The van der Waals surface area contributed by atoms with Crippen LogP contribution in [-0.4, -0.2) is 25.1 Å². The second-order valence-corrected chi connectivity index (χ2v) is 5.63. The van der Waals surface area contributed by atoms with Crippen LogP contribution < -0.4 is 10.6 Å². The van der Waals surface area contributed by atoms with Crippen LogP contribution in [0.4, 0.5) is 4.39 Å². The molecule has 2 atom stereocenters. The van der Waals surface area contributed by atoms with Crippen LogP contribution in [0.25, 0.3) is 0 Å². The molecule has 1 heterocycles. The Morgan fingerprint density at radius 3 is 2.95 bits per heavy atom. The van der Waals surface area contributed by atoms with Crippen molar-refractivity contribution in [2.45, 2.75) is 24.8 Å². The largest absolute Gasteiger partial charge is 0.356 e. The van der Waals surface area contributed by atoms with Gasteiger partial charge >= 0.3 is 0 Å². The quantitative estimate of drug-likeness (QED) is 0.695. The molecule has 0 bridgehead atoms. The molecule has 3 rings (SSSR count). The predicted molar refractivity (Wildman–Crippen MR) is 88.7 cm³/mol. The van der Waals surface area contributed by atoms with Crippen LogP contribution in [0.5, 0.6) is 0 Å². The Labute approximate surface area is 137 Å². The van der Waals surface area contributed by atoms with E-state index in [4.69, 9.17) is 0 Å². The van der Waals surface area contributed by atoms with Gasteiger partial charge in [0.1, 0.15) is 5.82 Å². The van der Waals surface area contributed by atoms with E-state index >= 15 is 0 Å². The van der Waals surface area contributed by atoms with Gasteiger partial charge in [0.15, 0.2) is 5.96 Å². The molecule has 1 aromatic rings. The first-order valence-electron chi connectivity index (χ1n) is 6.24. The third-order valence-electron chi connectivity index (χ3n) is 3.38. The molecule has 19 heavy (non-hydrogen) atoms. The molecule has 0 radical (unpaired) electrons. The second-order valence-electron chi connectivity index (χ2n) is 4.78. The zero-order valence-electron chi connectivity index (χ0n) is 10.3. The van der Waals surface area contributed by atoms with Gasteiger partial charge in [-0.3, -0.25) is 4.99 Å². The van der Waals surface area contributed by atoms with Gasteiger partial charge in [-0.05, 0) is 46.5 Å². The SMILES string of the molecule is Fc1cc([C@@H]2C[C@H]2NC2=NCCCN2)ccc1Br.I. The van der Waals surface area contributed by atoms with Crippen molar-refractivity contribution in [3.8, 4) is 0 Å². The number of halogens is 3. The maximum Gasteiger partial charge on any atom is 0.191 e. The number of guanidine groups is 1. The van der Waals surface area contributed by atoms with Gasteiger partial charge in [0.05, 0.1) is 4.47 Å². The van der Waals surface area contributed by atoms with Crippen LogP contribution in [-0.2, 0) is 0 Å². The molecule has 1 aliphatic carbocycles. The highest BCUT2D eigenvalue weighted by Crippen LogP contribution is 2.41. The van der Waals surface area contributed by atoms with Crippen molar-refractivity contribution >= 4 is 45.9 Å². The molecule has 1 aliphatic heterocycles. The van der Waals surface area contributed by atoms with Crippen molar-refractivity contribution in [3.63, 3.8) is 0 Å². The molecule has 104 valence electrons. The smallest absolute Gasteiger partial charge is 0.191 e. The molecule has 3 nitrogen and oxygen atoms in total. The third-order valence-corrected chi connectivity index (χ3v) is 4.02. The summed E-state index contributed by atoms with van der Waals surface area (Å²) in [5.41, 5.74) is 1.06. The van der Waals surface area contributed by atoms with Gasteiger partial charge in [-0.2, -0.15) is 0 Å². The van der Waals surface area contributed by atoms with Crippen molar-refractivity contribution in [1.82, 2.24) is 10.6 Å². The lowest BCUT2D eigenvalue weighted by Crippen LogP contribution is -2.42. The second kappa shape index (κ2) is 6.39. The minimum absolute atomic E-state index is 0. The Morgan fingerprint density at radius 2 is 2.26 bits per heavy atom. The molecule has 6 heteroatoms. The molecule has 0 spiro atoms. The zero-order valence-corrected chi connectivity index (χ0v) is 14.2. The molecule has 1 saturated carbocycles. The van der Waals surface area contributed by atoms with Gasteiger partial charge in [-0.25, -0.2) is 4.39 Å². The summed E-state index contributed by atoms with van der Waals surface area (Å²) in [7, 11) is 0. The third kappa shape index (κ3) is 3.59. The van der Waals surface area contributed by atoms with Crippen LogP contribution >= 0.6 is 39.9 Å². The first-order valence-corrected chi connectivity index (χ1v) is 7.03. The van der Waals surface area contributed by atoms with Crippen LogP contribution in [0.2, 0.25) is 0 Å². The van der Waals surface area contributed by atoms with Gasteiger partial charge in [0, 0.05) is 25.0 Å². The molecule has 2 N–H and O–H groups in total. The zero-order chi connectivity index (χ0) is 12.5. The van der Waals surface area contributed by atoms with E-state index in [-0.39, 0.29) is 29.8 Å². The summed E-state index contributed by atoms with van der Waals surface area (Å²) in [6.07, 6.45) is 2.14. The van der Waals surface area contributed by atoms with E-state index in [0.29, 0.717) is 16.4 Å². The highest BCUT2D eigenvalue weighted by molar-refractivity contribution is 14.0. The molecule has 1 aromatic carbocycles. The summed E-state index contributed by atoms with van der Waals surface area (Å²) in [4.78, 5) is 4.38. The Hall–Kier alpha value is -0.370. The first kappa shape index (κ1) is 15.0. The van der Waals surface area contributed by atoms with E-state index in [9.17, 15) is 4.39 Å². The fourth-order valence-electron chi connectivity index (χ4n) is 2.27. The molecular formula is C13H16BrFIN3. The van der Waals surface area contributed by atoms with Crippen molar-refractivity contribution in [2.75, 3.05) is 13.1 Å². The summed E-state index contributed by atoms with van der Waals surface area (Å²) < 4.78 is 14.0. The fraction of sp³-hybridized carbons (Fsp3) is 0.462. The summed E-state index contributed by atoms with van der Waals surface area (Å²) in [5.74, 6) is 1.11. The van der Waals surface area contributed by atoms with Gasteiger partial charge in [-0.15, -0.1) is 24.0 Å². The highest BCUT2D eigenvalue weighted by atomic mass is 127. The van der Waals surface area contributed by atoms with Crippen LogP contribution in [0.15, 0.2) is 27.7 Å². The van der Waals surface area contributed by atoms with Crippen molar-refractivity contribution < 1.29 is 4.39 Å². The van der Waals surface area contributed by atoms with Gasteiger partial charge in [0.25, 0.3) is 0 Å². The Bertz CT molecular complexity index is 495. The molecule has 0 aromatic heterocycles. The van der Waals surface area contributed by atoms with Crippen molar-refractivity contribution in [2.24, 2.45) is 4.99 Å². The van der Waals surface area contributed by atoms with Crippen LogP contribution in [0.1, 0.15) is 24.3 Å². The number of aliphatic imine (C=N–C) groups is 1. The number of rotatable bonds is 2. The monoisotopic (exact) mass is 439 g/mol. The average molecular weight is 440 g/mol. The van der Waals surface area contributed by atoms with E-state index in [1.165, 1.54) is 0 Å². The standard InChI is InChI=1S/C13H15BrFN3.HI/c14-10-3-2-8(6-11(10)15)9-7-12(9)18-13-16-4-1-5-17-13;/h2-3,6,9,12H,1,4-5,7H2,(H2,16,17,18);1H/t9-,12+;/m0./s1. The summed E-state index contributed by atoms with van der Waals surface area (Å²) >= 11 is 3.17. The average Bonchev–Trinajstić information content (AvgIpc) is 3.13. The number of benzene rings is 1. The van der Waals surface area contributed by atoms with Crippen molar-refractivity contribution in [1.29, 1.82) is 0 Å². The topological polar surface area (TPSA) is 36.4 Å². The molecule has 1 fully saturated rings. The van der Waals surface area contributed by atoms with Gasteiger partial charge in [-0.1, -0.05) is 6.07 Å². The Balaban J connectivity index is 0.00000133. The Morgan fingerprint density at radius 1 is 1.42 bits per heavy atom. The normalized spacial score (nSPS) is 24.8. The first-order chi connectivity index (χ1) is 8.74. The van der Waals surface area contributed by atoms with Gasteiger partial charge < -0.3 is 10.6 Å². The molecule has 0 amide bonds.